The highest BCUT2D eigenvalue weighted by molar-refractivity contribution is 5.71. The van der Waals surface area contributed by atoms with Crippen LogP contribution in [0.4, 0.5) is 8.78 Å². The first-order chi connectivity index (χ1) is 17.0. The standard InChI is InChI=1S/C28H21F2N3O2/c29-21-13-7-12-20(27(21)30)15-23-28-32-22(14-18-8-3-1-4-9-18)25(16-26(34)35)33(28)17-24(31-23)19-10-5-2-6-11-19/h1-13,17H,14-16H2,(H,34,35). The van der Waals surface area contributed by atoms with Crippen molar-refractivity contribution in [3.63, 3.8) is 0 Å². The number of imidazole rings is 1. The van der Waals surface area contributed by atoms with E-state index in [1.165, 1.54) is 12.1 Å². The fourth-order valence-electron chi connectivity index (χ4n) is 4.20. The summed E-state index contributed by atoms with van der Waals surface area (Å²) in [5.41, 5.74) is 4.52. The maximum absolute atomic E-state index is 14.5. The van der Waals surface area contributed by atoms with E-state index in [1.807, 2.05) is 60.7 Å². The van der Waals surface area contributed by atoms with Gasteiger partial charge in [0.15, 0.2) is 17.3 Å². The molecule has 2 heterocycles. The number of aromatic nitrogens is 3. The largest absolute Gasteiger partial charge is 0.481 e. The molecule has 3 aromatic carbocycles. The SMILES string of the molecule is O=C(O)Cc1c(Cc2ccccc2)nc2c(Cc3cccc(F)c3F)nc(-c3ccccc3)cn12. The van der Waals surface area contributed by atoms with Crippen LogP contribution in [0.2, 0.25) is 0 Å². The van der Waals surface area contributed by atoms with Gasteiger partial charge < -0.3 is 5.11 Å². The summed E-state index contributed by atoms with van der Waals surface area (Å²) in [4.78, 5) is 21.3. The summed E-state index contributed by atoms with van der Waals surface area (Å²) in [5, 5.41) is 9.65. The molecule has 1 N–H and O–H groups in total. The Kier molecular flexibility index (Phi) is 6.06. The Hall–Kier alpha value is -4.39. The third-order valence-electron chi connectivity index (χ3n) is 5.85. The monoisotopic (exact) mass is 469 g/mol. The number of rotatable bonds is 7. The first-order valence-corrected chi connectivity index (χ1v) is 11.1. The Labute approximate surface area is 200 Å². The molecule has 0 atom stereocenters. The molecule has 5 aromatic rings. The normalized spacial score (nSPS) is 11.1. The average molecular weight is 469 g/mol. The molecule has 0 bridgehead atoms. The second-order valence-electron chi connectivity index (χ2n) is 8.26. The zero-order valence-electron chi connectivity index (χ0n) is 18.7. The molecule has 0 amide bonds. The molecule has 35 heavy (non-hydrogen) atoms. The van der Waals surface area contributed by atoms with Crippen LogP contribution < -0.4 is 0 Å². The summed E-state index contributed by atoms with van der Waals surface area (Å²) >= 11 is 0. The van der Waals surface area contributed by atoms with Crippen molar-refractivity contribution < 1.29 is 18.7 Å². The Bertz CT molecular complexity index is 1520. The van der Waals surface area contributed by atoms with E-state index in [0.29, 0.717) is 34.8 Å². The highest BCUT2D eigenvalue weighted by atomic mass is 19.2. The summed E-state index contributed by atoms with van der Waals surface area (Å²) in [6.07, 6.45) is 1.95. The van der Waals surface area contributed by atoms with Crippen LogP contribution in [-0.4, -0.2) is 25.4 Å². The molecule has 5 rings (SSSR count). The van der Waals surface area contributed by atoms with Crippen LogP contribution in [0.5, 0.6) is 0 Å². The van der Waals surface area contributed by atoms with Crippen LogP contribution in [0, 0.1) is 11.6 Å². The van der Waals surface area contributed by atoms with Crippen LogP contribution in [-0.2, 0) is 24.1 Å². The van der Waals surface area contributed by atoms with Gasteiger partial charge in [-0.2, -0.15) is 0 Å². The minimum Gasteiger partial charge on any atom is -0.481 e. The molecule has 2 aromatic heterocycles. The lowest BCUT2D eigenvalue weighted by molar-refractivity contribution is -0.136. The van der Waals surface area contributed by atoms with E-state index in [2.05, 4.69) is 0 Å². The maximum atomic E-state index is 14.5. The lowest BCUT2D eigenvalue weighted by Gasteiger charge is -2.10. The molecule has 0 saturated carbocycles. The average Bonchev–Trinajstić information content (AvgIpc) is 3.19. The number of halogens is 2. The van der Waals surface area contributed by atoms with E-state index < -0.39 is 17.6 Å². The Morgan fingerprint density at radius 2 is 1.54 bits per heavy atom. The van der Waals surface area contributed by atoms with Gasteiger partial charge in [-0.25, -0.2) is 18.7 Å². The zero-order valence-corrected chi connectivity index (χ0v) is 18.7. The topological polar surface area (TPSA) is 67.5 Å². The summed E-state index contributed by atoms with van der Waals surface area (Å²) < 4.78 is 30.2. The quantitative estimate of drug-likeness (QED) is 0.343. The molecule has 0 radical (unpaired) electrons. The van der Waals surface area contributed by atoms with Crippen molar-refractivity contribution in [1.82, 2.24) is 14.4 Å². The lowest BCUT2D eigenvalue weighted by Crippen LogP contribution is -2.08. The van der Waals surface area contributed by atoms with E-state index in [9.17, 15) is 18.7 Å². The molecule has 0 aliphatic heterocycles. The molecule has 174 valence electrons. The van der Waals surface area contributed by atoms with Gasteiger partial charge in [-0.1, -0.05) is 72.8 Å². The molecule has 5 nitrogen and oxygen atoms in total. The van der Waals surface area contributed by atoms with Gasteiger partial charge in [-0.05, 0) is 17.2 Å². The Balaban J connectivity index is 1.73. The molecule has 0 unspecified atom stereocenters. The second kappa shape index (κ2) is 9.46. The smallest absolute Gasteiger partial charge is 0.309 e. The summed E-state index contributed by atoms with van der Waals surface area (Å²) in [6.45, 7) is 0. The zero-order chi connectivity index (χ0) is 24.4. The van der Waals surface area contributed by atoms with Crippen molar-refractivity contribution in [2.24, 2.45) is 0 Å². The minimum absolute atomic E-state index is 0.00205. The maximum Gasteiger partial charge on any atom is 0.309 e. The predicted octanol–water partition coefficient (Wildman–Crippen LogP) is 5.48. The summed E-state index contributed by atoms with van der Waals surface area (Å²) in [5.74, 6) is -2.85. The van der Waals surface area contributed by atoms with Gasteiger partial charge in [0, 0.05) is 24.6 Å². The Morgan fingerprint density at radius 3 is 2.26 bits per heavy atom. The lowest BCUT2D eigenvalue weighted by atomic mass is 10.1. The van der Waals surface area contributed by atoms with Crippen LogP contribution in [0.25, 0.3) is 16.9 Å². The van der Waals surface area contributed by atoms with Gasteiger partial charge in [0.05, 0.1) is 29.2 Å². The van der Waals surface area contributed by atoms with Crippen molar-refractivity contribution in [2.75, 3.05) is 0 Å². The van der Waals surface area contributed by atoms with Crippen molar-refractivity contribution >= 4 is 11.6 Å². The van der Waals surface area contributed by atoms with Gasteiger partial charge in [0.25, 0.3) is 0 Å². The van der Waals surface area contributed by atoms with Crippen LogP contribution in [0.1, 0.15) is 28.2 Å². The number of aliphatic carboxylic acids is 1. The fraction of sp³-hybridized carbons (Fsp3) is 0.107. The number of carboxylic acids is 1. The molecule has 0 saturated heterocycles. The highest BCUT2D eigenvalue weighted by Crippen LogP contribution is 2.26. The summed E-state index contributed by atoms with van der Waals surface area (Å²) in [6, 6.07) is 23.1. The molecular formula is C28H21F2N3O2. The molecule has 0 spiro atoms. The third-order valence-corrected chi connectivity index (χ3v) is 5.85. The van der Waals surface area contributed by atoms with Gasteiger partial charge in [0.1, 0.15) is 0 Å². The third kappa shape index (κ3) is 4.66. The van der Waals surface area contributed by atoms with Crippen LogP contribution in [0.3, 0.4) is 0 Å². The number of hydrogen-bond donors (Lipinski definition) is 1. The second-order valence-corrected chi connectivity index (χ2v) is 8.26. The molecule has 0 fully saturated rings. The summed E-state index contributed by atoms with van der Waals surface area (Å²) in [7, 11) is 0. The minimum atomic E-state index is -0.989. The number of benzene rings is 3. The molecular weight excluding hydrogens is 448 g/mol. The van der Waals surface area contributed by atoms with E-state index in [-0.39, 0.29) is 18.4 Å². The molecule has 0 aliphatic carbocycles. The van der Waals surface area contributed by atoms with Crippen LogP contribution in [0.15, 0.2) is 85.1 Å². The van der Waals surface area contributed by atoms with E-state index in [4.69, 9.17) is 9.97 Å². The van der Waals surface area contributed by atoms with Crippen LogP contribution >= 0.6 is 0 Å². The van der Waals surface area contributed by atoms with E-state index >= 15 is 0 Å². The van der Waals surface area contributed by atoms with Gasteiger partial charge in [0.2, 0.25) is 0 Å². The number of hydrogen-bond acceptors (Lipinski definition) is 3. The van der Waals surface area contributed by atoms with Crippen molar-refractivity contribution in [3.8, 4) is 11.3 Å². The predicted molar refractivity (Wildman–Crippen MR) is 128 cm³/mol. The number of fused-ring (bicyclic) bond motifs is 1. The van der Waals surface area contributed by atoms with Crippen molar-refractivity contribution in [2.45, 2.75) is 19.3 Å². The van der Waals surface area contributed by atoms with Gasteiger partial charge >= 0.3 is 5.97 Å². The first kappa shape index (κ1) is 22.4. The fourth-order valence-corrected chi connectivity index (χ4v) is 4.20. The highest BCUT2D eigenvalue weighted by Gasteiger charge is 2.21. The Morgan fingerprint density at radius 1 is 0.829 bits per heavy atom. The number of nitrogens with zero attached hydrogens (tertiary/aromatic N) is 3. The number of carboxylic acid groups (broad SMARTS) is 1. The first-order valence-electron chi connectivity index (χ1n) is 11.1. The van der Waals surface area contributed by atoms with Crippen molar-refractivity contribution in [3.05, 3.63) is 125 Å². The molecule has 0 aliphatic rings. The van der Waals surface area contributed by atoms with Crippen molar-refractivity contribution in [1.29, 1.82) is 0 Å². The van der Waals surface area contributed by atoms with E-state index in [1.54, 1.807) is 10.6 Å². The van der Waals surface area contributed by atoms with E-state index in [0.717, 1.165) is 17.2 Å². The molecule has 7 heteroatoms. The number of carbonyl (C=O) groups is 1. The van der Waals surface area contributed by atoms with Gasteiger partial charge in [-0.15, -0.1) is 0 Å². The van der Waals surface area contributed by atoms with Gasteiger partial charge in [-0.3, -0.25) is 9.20 Å².